The topological polar surface area (TPSA) is 40.6 Å². The second kappa shape index (κ2) is 6.98. The second-order valence-corrected chi connectivity index (χ2v) is 10.9. The van der Waals surface area contributed by atoms with E-state index < -0.39 is 9.84 Å². The summed E-state index contributed by atoms with van der Waals surface area (Å²) in [6.07, 6.45) is 4.67. The molecule has 0 radical (unpaired) electrons. The second-order valence-electron chi connectivity index (χ2n) is 7.50. The highest BCUT2D eigenvalue weighted by molar-refractivity contribution is 7.96. The minimum absolute atomic E-state index is 0.374. The third-order valence-electron chi connectivity index (χ3n) is 5.45. The van der Waals surface area contributed by atoms with E-state index in [-0.39, 0.29) is 5.25 Å². The number of hydrogen-bond donors (Lipinski definition) is 0. The van der Waals surface area contributed by atoms with E-state index in [2.05, 4.69) is 15.5 Å². The Bertz CT molecular complexity index is 672. The van der Waals surface area contributed by atoms with E-state index in [4.69, 9.17) is 0 Å². The molecule has 0 aromatic heterocycles. The van der Waals surface area contributed by atoms with Crippen molar-refractivity contribution < 1.29 is 8.42 Å². The van der Waals surface area contributed by atoms with Crippen molar-refractivity contribution in [3.8, 4) is 0 Å². The van der Waals surface area contributed by atoms with E-state index in [1.807, 2.05) is 30.1 Å². The molecule has 6 heteroatoms. The molecule has 0 bridgehead atoms. The Morgan fingerprint density at radius 3 is 2.46 bits per heavy atom. The molecule has 2 fully saturated rings. The maximum absolute atomic E-state index is 12.3. The molecular weight excluding hydrogens is 340 g/mol. The fourth-order valence-electron chi connectivity index (χ4n) is 3.68. The van der Waals surface area contributed by atoms with Crippen LogP contribution in [0.5, 0.6) is 0 Å². The minimum atomic E-state index is -3.19. The number of hydrogen-bond acceptors (Lipinski definition) is 5. The first-order valence-electron chi connectivity index (χ1n) is 8.69. The summed E-state index contributed by atoms with van der Waals surface area (Å²) in [5.41, 5.74) is 1.65. The average molecular weight is 369 g/mol. The molecule has 1 aromatic carbocycles. The third kappa shape index (κ3) is 3.66. The van der Waals surface area contributed by atoms with Gasteiger partial charge in [0, 0.05) is 25.0 Å². The molecule has 1 aromatic rings. The number of nitrogens with zero attached hydrogens (tertiary/aromatic N) is 2. The SMILES string of the molecule is CSN1CC2(CCN(Cc3cccc(S(=O)(=O)C(C)C)c3)CC2)C1. The monoisotopic (exact) mass is 368 g/mol. The lowest BCUT2D eigenvalue weighted by Gasteiger charge is -2.53. The van der Waals surface area contributed by atoms with Crippen molar-refractivity contribution >= 4 is 21.8 Å². The van der Waals surface area contributed by atoms with Gasteiger partial charge in [-0.05, 0) is 63.7 Å². The van der Waals surface area contributed by atoms with E-state index in [0.717, 1.165) is 25.2 Å². The molecule has 0 saturated carbocycles. The Balaban J connectivity index is 1.60. The number of benzene rings is 1. The summed E-state index contributed by atoms with van der Waals surface area (Å²) in [7, 11) is -3.19. The number of piperidine rings is 1. The first-order chi connectivity index (χ1) is 11.3. The van der Waals surface area contributed by atoms with Crippen molar-refractivity contribution in [2.24, 2.45) is 5.41 Å². The lowest BCUT2D eigenvalue weighted by Crippen LogP contribution is -2.57. The normalized spacial score (nSPS) is 22.0. The molecule has 2 aliphatic rings. The van der Waals surface area contributed by atoms with Gasteiger partial charge >= 0.3 is 0 Å². The Morgan fingerprint density at radius 2 is 1.88 bits per heavy atom. The van der Waals surface area contributed by atoms with Crippen LogP contribution in [0.1, 0.15) is 32.3 Å². The van der Waals surface area contributed by atoms with Crippen molar-refractivity contribution in [1.29, 1.82) is 0 Å². The van der Waals surface area contributed by atoms with Gasteiger partial charge in [-0.1, -0.05) is 24.1 Å². The number of rotatable bonds is 5. The molecule has 0 amide bonds. The molecule has 0 aliphatic carbocycles. The highest BCUT2D eigenvalue weighted by Gasteiger charge is 2.44. The molecule has 2 heterocycles. The molecule has 2 aliphatic heterocycles. The van der Waals surface area contributed by atoms with Crippen molar-refractivity contribution in [3.63, 3.8) is 0 Å². The van der Waals surface area contributed by atoms with Crippen LogP contribution >= 0.6 is 11.9 Å². The summed E-state index contributed by atoms with van der Waals surface area (Å²) in [5, 5.41) is -0.374. The van der Waals surface area contributed by atoms with E-state index in [0.29, 0.717) is 10.3 Å². The molecule has 24 heavy (non-hydrogen) atoms. The van der Waals surface area contributed by atoms with Crippen molar-refractivity contribution in [2.75, 3.05) is 32.4 Å². The molecule has 3 rings (SSSR count). The third-order valence-corrected chi connectivity index (χ3v) is 8.38. The largest absolute Gasteiger partial charge is 0.299 e. The van der Waals surface area contributed by atoms with Crippen LogP contribution in [0, 0.1) is 5.41 Å². The predicted molar refractivity (Wildman–Crippen MR) is 101 cm³/mol. The van der Waals surface area contributed by atoms with Gasteiger partial charge in [0.05, 0.1) is 10.1 Å². The fraction of sp³-hybridized carbons (Fsp3) is 0.667. The van der Waals surface area contributed by atoms with Gasteiger partial charge in [0.25, 0.3) is 0 Å². The highest BCUT2D eigenvalue weighted by atomic mass is 32.2. The van der Waals surface area contributed by atoms with Crippen LogP contribution in [0.15, 0.2) is 29.2 Å². The zero-order valence-corrected chi connectivity index (χ0v) is 16.5. The van der Waals surface area contributed by atoms with Gasteiger partial charge < -0.3 is 0 Å². The molecule has 134 valence electrons. The van der Waals surface area contributed by atoms with Crippen LogP contribution in [-0.4, -0.2) is 55.3 Å². The van der Waals surface area contributed by atoms with Gasteiger partial charge in [-0.2, -0.15) is 0 Å². The van der Waals surface area contributed by atoms with E-state index in [1.165, 1.54) is 25.9 Å². The molecule has 0 N–H and O–H groups in total. The first-order valence-corrected chi connectivity index (χ1v) is 11.4. The van der Waals surface area contributed by atoms with Crippen LogP contribution in [0.4, 0.5) is 0 Å². The Kier molecular flexibility index (Phi) is 5.30. The van der Waals surface area contributed by atoms with E-state index >= 15 is 0 Å². The maximum Gasteiger partial charge on any atom is 0.180 e. The van der Waals surface area contributed by atoms with Crippen molar-refractivity contribution in [2.45, 2.75) is 43.4 Å². The maximum atomic E-state index is 12.3. The summed E-state index contributed by atoms with van der Waals surface area (Å²) in [6.45, 7) is 9.01. The Labute approximate surface area is 150 Å². The molecule has 4 nitrogen and oxygen atoms in total. The van der Waals surface area contributed by atoms with E-state index in [9.17, 15) is 8.42 Å². The molecule has 1 spiro atoms. The highest BCUT2D eigenvalue weighted by Crippen LogP contribution is 2.42. The lowest BCUT2D eigenvalue weighted by atomic mass is 9.73. The summed E-state index contributed by atoms with van der Waals surface area (Å²) in [5.74, 6) is 0. The Hall–Kier alpha value is -0.560. The molecule has 0 unspecified atom stereocenters. The zero-order valence-electron chi connectivity index (χ0n) is 14.9. The minimum Gasteiger partial charge on any atom is -0.299 e. The summed E-state index contributed by atoms with van der Waals surface area (Å²) >= 11 is 1.85. The summed E-state index contributed by atoms with van der Waals surface area (Å²) in [4.78, 5) is 2.92. The quantitative estimate of drug-likeness (QED) is 0.747. The molecular formula is C18H28N2O2S2. The van der Waals surface area contributed by atoms with Gasteiger partial charge in [0.1, 0.15) is 0 Å². The van der Waals surface area contributed by atoms with Crippen molar-refractivity contribution in [1.82, 2.24) is 9.21 Å². The summed E-state index contributed by atoms with van der Waals surface area (Å²) < 4.78 is 27.1. The Morgan fingerprint density at radius 1 is 1.21 bits per heavy atom. The summed E-state index contributed by atoms with van der Waals surface area (Å²) in [6, 6.07) is 7.49. The van der Waals surface area contributed by atoms with E-state index in [1.54, 1.807) is 19.9 Å². The molecule has 0 atom stereocenters. The van der Waals surface area contributed by atoms with Gasteiger partial charge in [-0.15, -0.1) is 0 Å². The van der Waals surface area contributed by atoms with Crippen molar-refractivity contribution in [3.05, 3.63) is 29.8 Å². The zero-order chi connectivity index (χ0) is 17.4. The van der Waals surface area contributed by atoms with Gasteiger partial charge in [-0.3, -0.25) is 4.90 Å². The van der Waals surface area contributed by atoms with Gasteiger partial charge in [-0.25, -0.2) is 12.7 Å². The van der Waals surface area contributed by atoms with Gasteiger partial charge in [0.2, 0.25) is 0 Å². The fourth-order valence-corrected chi connectivity index (χ4v) is 5.62. The van der Waals surface area contributed by atoms with Crippen LogP contribution < -0.4 is 0 Å². The number of sulfone groups is 1. The lowest BCUT2D eigenvalue weighted by molar-refractivity contribution is 0.00427. The molecule has 2 saturated heterocycles. The standard InChI is InChI=1S/C18H28N2O2S2/c1-15(2)24(21,22)17-6-4-5-16(11-17)12-19-9-7-18(8-10-19)13-20(14-18)23-3/h4-6,11,15H,7-10,12-14H2,1-3H3. The van der Waals surface area contributed by atoms with Crippen LogP contribution in [-0.2, 0) is 16.4 Å². The smallest absolute Gasteiger partial charge is 0.180 e. The van der Waals surface area contributed by atoms with Crippen LogP contribution in [0.25, 0.3) is 0 Å². The van der Waals surface area contributed by atoms with Crippen LogP contribution in [0.2, 0.25) is 0 Å². The first kappa shape index (κ1) is 18.2. The average Bonchev–Trinajstić information content (AvgIpc) is 2.53. The van der Waals surface area contributed by atoms with Gasteiger partial charge in [0.15, 0.2) is 9.84 Å². The predicted octanol–water partition coefficient (Wildman–Crippen LogP) is 3.04. The van der Waals surface area contributed by atoms with Crippen LogP contribution in [0.3, 0.4) is 0 Å². The number of likely N-dealkylation sites (tertiary alicyclic amines) is 1.